The van der Waals surface area contributed by atoms with Gasteiger partial charge in [-0.1, -0.05) is 0 Å². The monoisotopic (exact) mass is 170 g/mol. The van der Waals surface area contributed by atoms with Crippen LogP contribution in [-0.2, 0) is 0 Å². The molecule has 0 heterocycles. The first-order valence-corrected chi connectivity index (χ1v) is 3.88. The maximum Gasteiger partial charge on any atom is 0.219 e. The highest BCUT2D eigenvalue weighted by atomic mass is 15.3. The van der Waals surface area contributed by atoms with Crippen LogP contribution in [0.2, 0.25) is 0 Å². The van der Waals surface area contributed by atoms with Crippen molar-refractivity contribution in [1.82, 2.24) is 4.90 Å². The summed E-state index contributed by atoms with van der Waals surface area (Å²) in [7, 11) is 1.83. The van der Waals surface area contributed by atoms with Crippen molar-refractivity contribution in [2.75, 3.05) is 7.05 Å². The average Bonchev–Trinajstić information content (AvgIpc) is 1.82. The minimum atomic E-state index is -0.0873. The number of rotatable bonds is 0. The van der Waals surface area contributed by atoms with E-state index in [2.05, 4.69) is 4.99 Å². The number of hydrogen-bond donors (Lipinski definition) is 2. The molecule has 0 unspecified atom stereocenters. The fraction of sp³-hybridized carbons (Fsp3) is 0.750. The molecule has 0 bridgehead atoms. The molecule has 0 aromatic heterocycles. The molecule has 0 amide bonds. The third-order valence-electron chi connectivity index (χ3n) is 1.61. The van der Waals surface area contributed by atoms with E-state index < -0.39 is 0 Å². The van der Waals surface area contributed by atoms with Gasteiger partial charge in [0, 0.05) is 12.6 Å². The zero-order valence-electron chi connectivity index (χ0n) is 8.47. The maximum atomic E-state index is 7.54. The Hall–Kier alpha value is -1.06. The molecule has 70 valence electrons. The second-order valence-corrected chi connectivity index (χ2v) is 3.81. The zero-order valence-corrected chi connectivity index (χ0v) is 8.47. The SMILES string of the molecule is CC(N)=NC(=N)N(C)C(C)(C)C. The minimum Gasteiger partial charge on any atom is -0.387 e. The van der Waals surface area contributed by atoms with E-state index in [9.17, 15) is 0 Å². The molecule has 0 saturated heterocycles. The van der Waals surface area contributed by atoms with E-state index in [1.54, 1.807) is 11.8 Å². The molecule has 0 aliphatic carbocycles. The summed E-state index contributed by atoms with van der Waals surface area (Å²) in [6, 6.07) is 0. The summed E-state index contributed by atoms with van der Waals surface area (Å²) in [5.74, 6) is 0.610. The average molecular weight is 170 g/mol. The molecule has 0 radical (unpaired) electrons. The number of aliphatic imine (C=N–C) groups is 1. The highest BCUT2D eigenvalue weighted by Crippen LogP contribution is 2.10. The Labute approximate surface area is 74.0 Å². The summed E-state index contributed by atoms with van der Waals surface area (Å²) >= 11 is 0. The largest absolute Gasteiger partial charge is 0.387 e. The Morgan fingerprint density at radius 3 is 2.08 bits per heavy atom. The van der Waals surface area contributed by atoms with Gasteiger partial charge >= 0.3 is 0 Å². The van der Waals surface area contributed by atoms with Crippen LogP contribution in [0.3, 0.4) is 0 Å². The number of hydrogen-bond acceptors (Lipinski definition) is 1. The van der Waals surface area contributed by atoms with Crippen molar-refractivity contribution in [3.63, 3.8) is 0 Å². The lowest BCUT2D eigenvalue weighted by molar-refractivity contribution is 0.277. The van der Waals surface area contributed by atoms with E-state index in [0.717, 1.165) is 0 Å². The molecule has 4 heteroatoms. The molecule has 0 aromatic rings. The van der Waals surface area contributed by atoms with Gasteiger partial charge in [-0.25, -0.2) is 4.99 Å². The lowest BCUT2D eigenvalue weighted by atomic mass is 10.1. The van der Waals surface area contributed by atoms with Crippen LogP contribution in [-0.4, -0.2) is 29.3 Å². The van der Waals surface area contributed by atoms with Crippen LogP contribution in [0.15, 0.2) is 4.99 Å². The van der Waals surface area contributed by atoms with Gasteiger partial charge in [-0.3, -0.25) is 5.41 Å². The van der Waals surface area contributed by atoms with Crippen molar-refractivity contribution >= 4 is 11.8 Å². The second kappa shape index (κ2) is 3.56. The van der Waals surface area contributed by atoms with Crippen LogP contribution in [0.5, 0.6) is 0 Å². The summed E-state index contributed by atoms with van der Waals surface area (Å²) in [6.07, 6.45) is 0. The molecule has 0 fully saturated rings. The fourth-order valence-corrected chi connectivity index (χ4v) is 0.560. The first-order chi connectivity index (χ1) is 5.25. The van der Waals surface area contributed by atoms with Crippen molar-refractivity contribution in [3.8, 4) is 0 Å². The summed E-state index contributed by atoms with van der Waals surface area (Å²) in [4.78, 5) is 5.61. The van der Waals surface area contributed by atoms with Gasteiger partial charge in [0.25, 0.3) is 0 Å². The Balaban J connectivity index is 4.42. The summed E-state index contributed by atoms with van der Waals surface area (Å²) < 4.78 is 0. The number of nitrogens with zero attached hydrogens (tertiary/aromatic N) is 2. The molecule has 12 heavy (non-hydrogen) atoms. The maximum absolute atomic E-state index is 7.54. The lowest BCUT2D eigenvalue weighted by Crippen LogP contribution is -2.41. The topological polar surface area (TPSA) is 65.5 Å². The van der Waals surface area contributed by atoms with Crippen molar-refractivity contribution in [2.24, 2.45) is 10.7 Å². The number of amidine groups is 1. The van der Waals surface area contributed by atoms with Gasteiger partial charge in [-0.05, 0) is 27.7 Å². The van der Waals surface area contributed by atoms with Crippen molar-refractivity contribution in [3.05, 3.63) is 0 Å². The highest BCUT2D eigenvalue weighted by Gasteiger charge is 2.18. The molecule has 0 aliphatic heterocycles. The van der Waals surface area contributed by atoms with Gasteiger partial charge in [-0.15, -0.1) is 0 Å². The molecule has 0 atom stereocenters. The van der Waals surface area contributed by atoms with Crippen molar-refractivity contribution in [1.29, 1.82) is 5.41 Å². The van der Waals surface area contributed by atoms with Crippen molar-refractivity contribution < 1.29 is 0 Å². The molecule has 0 aliphatic rings. The van der Waals surface area contributed by atoms with Crippen LogP contribution >= 0.6 is 0 Å². The second-order valence-electron chi connectivity index (χ2n) is 3.81. The van der Waals surface area contributed by atoms with Crippen LogP contribution < -0.4 is 5.73 Å². The molecule has 0 saturated carbocycles. The van der Waals surface area contributed by atoms with Crippen LogP contribution in [0.1, 0.15) is 27.7 Å². The smallest absolute Gasteiger partial charge is 0.219 e. The molecule has 3 N–H and O–H groups in total. The lowest BCUT2D eigenvalue weighted by Gasteiger charge is -2.32. The standard InChI is InChI=1S/C8H18N4/c1-6(9)11-7(10)12(5)8(2,3)4/h1-5H3,(H3,9,10,11). The normalized spacial score (nSPS) is 12.9. The van der Waals surface area contributed by atoms with Gasteiger partial charge in [0.1, 0.15) is 0 Å². The van der Waals surface area contributed by atoms with Gasteiger partial charge < -0.3 is 10.6 Å². The van der Waals surface area contributed by atoms with Crippen LogP contribution in [0.25, 0.3) is 0 Å². The predicted molar refractivity (Wildman–Crippen MR) is 52.5 cm³/mol. The molecule has 0 spiro atoms. The van der Waals surface area contributed by atoms with Gasteiger partial charge in [0.2, 0.25) is 5.96 Å². The Morgan fingerprint density at radius 2 is 1.83 bits per heavy atom. The third kappa shape index (κ3) is 3.37. The quantitative estimate of drug-likeness (QED) is 0.421. The van der Waals surface area contributed by atoms with Gasteiger partial charge in [-0.2, -0.15) is 0 Å². The number of nitrogens with one attached hydrogen (secondary N) is 1. The first kappa shape index (κ1) is 10.9. The van der Waals surface area contributed by atoms with Gasteiger partial charge in [0.05, 0.1) is 5.84 Å². The van der Waals surface area contributed by atoms with Gasteiger partial charge in [0.15, 0.2) is 0 Å². The van der Waals surface area contributed by atoms with E-state index >= 15 is 0 Å². The molecular weight excluding hydrogens is 152 g/mol. The van der Waals surface area contributed by atoms with E-state index in [0.29, 0.717) is 5.84 Å². The molecular formula is C8H18N4. The van der Waals surface area contributed by atoms with E-state index in [4.69, 9.17) is 11.1 Å². The summed E-state index contributed by atoms with van der Waals surface area (Å²) in [5.41, 5.74) is 5.27. The summed E-state index contributed by atoms with van der Waals surface area (Å²) in [5, 5.41) is 7.54. The van der Waals surface area contributed by atoms with Crippen LogP contribution in [0, 0.1) is 5.41 Å². The minimum absolute atomic E-state index is 0.0873. The molecule has 0 aromatic carbocycles. The van der Waals surface area contributed by atoms with E-state index in [1.807, 2.05) is 27.8 Å². The number of nitrogens with two attached hydrogens (primary N) is 1. The van der Waals surface area contributed by atoms with E-state index in [1.165, 1.54) is 0 Å². The third-order valence-corrected chi connectivity index (χ3v) is 1.61. The van der Waals surface area contributed by atoms with Crippen molar-refractivity contribution in [2.45, 2.75) is 33.2 Å². The van der Waals surface area contributed by atoms with Crippen LogP contribution in [0.4, 0.5) is 0 Å². The Kier molecular flexibility index (Phi) is 3.24. The Morgan fingerprint density at radius 1 is 1.42 bits per heavy atom. The fourth-order valence-electron chi connectivity index (χ4n) is 0.560. The predicted octanol–water partition coefficient (Wildman–Crippen LogP) is 1.03. The zero-order chi connectivity index (χ0) is 9.94. The highest BCUT2D eigenvalue weighted by molar-refractivity contribution is 5.92. The summed E-state index contributed by atoms with van der Waals surface area (Å²) in [6.45, 7) is 7.72. The Bertz CT molecular complexity index is 196. The number of guanidine groups is 1. The van der Waals surface area contributed by atoms with E-state index in [-0.39, 0.29) is 11.5 Å². The molecule has 0 rings (SSSR count). The molecule has 4 nitrogen and oxygen atoms in total. The first-order valence-electron chi connectivity index (χ1n) is 3.88.